The van der Waals surface area contributed by atoms with Crippen LogP contribution in [-0.4, -0.2) is 27.1 Å². The first-order chi connectivity index (χ1) is 9.22. The number of carbonyl (C=O) groups excluding carboxylic acids is 1. The van der Waals surface area contributed by atoms with E-state index < -0.39 is 0 Å². The number of carbonyl (C=O) groups is 1. The van der Waals surface area contributed by atoms with Gasteiger partial charge in [-0.3, -0.25) is 4.79 Å². The second-order valence-electron chi connectivity index (χ2n) is 3.68. The van der Waals surface area contributed by atoms with Gasteiger partial charge >= 0.3 is 5.95 Å². The Kier molecular flexibility index (Phi) is 3.75. The third-order valence-corrected chi connectivity index (χ3v) is 2.63. The van der Waals surface area contributed by atoms with Gasteiger partial charge in [-0.2, -0.15) is 0 Å². The number of benzene rings is 1. The van der Waals surface area contributed by atoms with Crippen LogP contribution in [0.15, 0.2) is 34.7 Å². The molecular formula is C14H14O5. The van der Waals surface area contributed by atoms with Crippen molar-refractivity contribution in [1.29, 1.82) is 0 Å². The predicted molar refractivity (Wildman–Crippen MR) is 68.2 cm³/mol. The highest BCUT2D eigenvalue weighted by Crippen LogP contribution is 2.43. The first-order valence-corrected chi connectivity index (χ1v) is 5.61. The lowest BCUT2D eigenvalue weighted by Crippen LogP contribution is -2.01. The highest BCUT2D eigenvalue weighted by molar-refractivity contribution is 6.09. The van der Waals surface area contributed by atoms with E-state index in [1.807, 2.05) is 6.07 Å². The topological polar surface area (TPSA) is 57.9 Å². The van der Waals surface area contributed by atoms with Crippen LogP contribution < -0.4 is 14.2 Å². The van der Waals surface area contributed by atoms with Crippen molar-refractivity contribution in [3.05, 3.63) is 41.7 Å². The summed E-state index contributed by atoms with van der Waals surface area (Å²) in [6, 6.07) is 8.78. The molecule has 0 radical (unpaired) electrons. The van der Waals surface area contributed by atoms with Crippen molar-refractivity contribution in [2.45, 2.75) is 0 Å². The van der Waals surface area contributed by atoms with Gasteiger partial charge in [0.25, 0.3) is 0 Å². The molecule has 0 spiro atoms. The summed E-state index contributed by atoms with van der Waals surface area (Å²) < 4.78 is 20.7. The zero-order valence-corrected chi connectivity index (χ0v) is 10.9. The fraction of sp³-hybridized carbons (Fsp3) is 0.214. The highest BCUT2D eigenvalue weighted by Gasteiger charge is 2.28. The molecule has 100 valence electrons. The van der Waals surface area contributed by atoms with E-state index in [1.165, 1.54) is 21.3 Å². The number of ether oxygens (including phenoxy) is 3. The molecule has 19 heavy (non-hydrogen) atoms. The molecule has 5 heteroatoms. The lowest BCUT2D eigenvalue weighted by atomic mass is 10.1. The second kappa shape index (κ2) is 5.48. The SMILES string of the molecule is COc1oc(C(=O)c2ccccc2)c(OC)c1OC. The Labute approximate surface area is 110 Å². The van der Waals surface area contributed by atoms with Gasteiger partial charge in [-0.25, -0.2) is 0 Å². The van der Waals surface area contributed by atoms with Crippen molar-refractivity contribution in [1.82, 2.24) is 0 Å². The van der Waals surface area contributed by atoms with Crippen LogP contribution in [0, 0.1) is 0 Å². The number of furan rings is 1. The molecule has 2 aromatic rings. The molecule has 1 aromatic carbocycles. The maximum absolute atomic E-state index is 12.3. The first-order valence-electron chi connectivity index (χ1n) is 5.61. The van der Waals surface area contributed by atoms with Crippen LogP contribution in [0.2, 0.25) is 0 Å². The number of hydrogen-bond donors (Lipinski definition) is 0. The molecule has 0 aliphatic rings. The van der Waals surface area contributed by atoms with E-state index in [0.717, 1.165) is 0 Å². The Hall–Kier alpha value is -2.43. The Morgan fingerprint density at radius 1 is 0.947 bits per heavy atom. The highest BCUT2D eigenvalue weighted by atomic mass is 16.6. The van der Waals surface area contributed by atoms with E-state index in [2.05, 4.69) is 0 Å². The van der Waals surface area contributed by atoms with Crippen LogP contribution in [-0.2, 0) is 0 Å². The summed E-state index contributed by atoms with van der Waals surface area (Å²) in [7, 11) is 4.32. The van der Waals surface area contributed by atoms with Crippen LogP contribution in [0.1, 0.15) is 16.1 Å². The number of hydrogen-bond acceptors (Lipinski definition) is 5. The maximum Gasteiger partial charge on any atom is 0.333 e. The van der Waals surface area contributed by atoms with Crippen LogP contribution >= 0.6 is 0 Å². The molecule has 1 heterocycles. The van der Waals surface area contributed by atoms with Gasteiger partial charge in [-0.1, -0.05) is 30.3 Å². The standard InChI is InChI=1S/C14H14O5/c1-16-12-11(19-14(18-3)13(12)17-2)10(15)9-7-5-4-6-8-9/h4-8H,1-3H3. The summed E-state index contributed by atoms with van der Waals surface area (Å²) in [5.74, 6) is 0.373. The normalized spacial score (nSPS) is 10.1. The van der Waals surface area contributed by atoms with Gasteiger partial charge < -0.3 is 18.6 Å². The molecule has 0 aliphatic carbocycles. The van der Waals surface area contributed by atoms with Crippen LogP contribution in [0.25, 0.3) is 0 Å². The molecule has 0 unspecified atom stereocenters. The van der Waals surface area contributed by atoms with Gasteiger partial charge in [0, 0.05) is 5.56 Å². The molecule has 0 atom stereocenters. The van der Waals surface area contributed by atoms with Crippen LogP contribution in [0.3, 0.4) is 0 Å². The third kappa shape index (κ3) is 2.27. The number of ketones is 1. The predicted octanol–water partition coefficient (Wildman–Crippen LogP) is 2.54. The smallest absolute Gasteiger partial charge is 0.333 e. The summed E-state index contributed by atoms with van der Waals surface area (Å²) in [4.78, 5) is 12.3. The van der Waals surface area contributed by atoms with Gasteiger partial charge in [0.05, 0.1) is 21.3 Å². The summed E-state index contributed by atoms with van der Waals surface area (Å²) in [6.45, 7) is 0. The van der Waals surface area contributed by atoms with Crippen molar-refractivity contribution in [2.24, 2.45) is 0 Å². The first kappa shape index (κ1) is 13.0. The molecule has 5 nitrogen and oxygen atoms in total. The minimum Gasteiger partial charge on any atom is -0.489 e. The fourth-order valence-electron chi connectivity index (χ4n) is 1.75. The van der Waals surface area contributed by atoms with Crippen LogP contribution in [0.5, 0.6) is 17.4 Å². The molecule has 0 bridgehead atoms. The maximum atomic E-state index is 12.3. The Bertz CT molecular complexity index is 571. The second-order valence-corrected chi connectivity index (χ2v) is 3.68. The lowest BCUT2D eigenvalue weighted by Gasteiger charge is -2.02. The summed E-state index contributed by atoms with van der Waals surface area (Å²) >= 11 is 0. The van der Waals surface area contributed by atoms with Crippen molar-refractivity contribution < 1.29 is 23.4 Å². The van der Waals surface area contributed by atoms with Crippen LogP contribution in [0.4, 0.5) is 0 Å². The minimum absolute atomic E-state index is 0.0578. The fourth-order valence-corrected chi connectivity index (χ4v) is 1.75. The molecule has 1 aromatic heterocycles. The number of rotatable bonds is 5. The monoisotopic (exact) mass is 262 g/mol. The molecule has 0 aliphatic heterocycles. The van der Waals surface area contributed by atoms with Gasteiger partial charge in [0.15, 0.2) is 0 Å². The van der Waals surface area contributed by atoms with Crippen molar-refractivity contribution >= 4 is 5.78 Å². The average molecular weight is 262 g/mol. The van der Waals surface area contributed by atoms with E-state index in [1.54, 1.807) is 24.3 Å². The van der Waals surface area contributed by atoms with E-state index in [9.17, 15) is 4.79 Å². The Morgan fingerprint density at radius 3 is 2.11 bits per heavy atom. The lowest BCUT2D eigenvalue weighted by molar-refractivity contribution is 0.0999. The molecule has 0 saturated carbocycles. The zero-order valence-electron chi connectivity index (χ0n) is 10.9. The Balaban J connectivity index is 2.50. The van der Waals surface area contributed by atoms with E-state index >= 15 is 0 Å². The molecular weight excluding hydrogens is 248 g/mol. The minimum atomic E-state index is -0.293. The summed E-state index contributed by atoms with van der Waals surface area (Å²) in [6.07, 6.45) is 0. The quantitative estimate of drug-likeness (QED) is 0.775. The van der Waals surface area contributed by atoms with E-state index in [-0.39, 0.29) is 29.0 Å². The summed E-state index contributed by atoms with van der Waals surface area (Å²) in [5.41, 5.74) is 0.500. The Morgan fingerprint density at radius 2 is 1.58 bits per heavy atom. The largest absolute Gasteiger partial charge is 0.489 e. The van der Waals surface area contributed by atoms with Crippen molar-refractivity contribution in [3.63, 3.8) is 0 Å². The van der Waals surface area contributed by atoms with E-state index in [0.29, 0.717) is 5.56 Å². The molecule has 0 amide bonds. The van der Waals surface area contributed by atoms with E-state index in [4.69, 9.17) is 18.6 Å². The molecule has 0 N–H and O–H groups in total. The van der Waals surface area contributed by atoms with Crippen molar-refractivity contribution in [3.8, 4) is 17.4 Å². The molecule has 0 saturated heterocycles. The molecule has 0 fully saturated rings. The average Bonchev–Trinajstić information content (AvgIpc) is 2.84. The van der Waals surface area contributed by atoms with Gasteiger partial charge in [-0.05, 0) is 0 Å². The van der Waals surface area contributed by atoms with Gasteiger partial charge in [0.2, 0.25) is 23.0 Å². The zero-order chi connectivity index (χ0) is 13.8. The number of methoxy groups -OCH3 is 3. The molecule has 2 rings (SSSR count). The summed E-state index contributed by atoms with van der Waals surface area (Å²) in [5, 5.41) is 0. The van der Waals surface area contributed by atoms with Gasteiger partial charge in [-0.15, -0.1) is 0 Å². The van der Waals surface area contributed by atoms with Crippen molar-refractivity contribution in [2.75, 3.05) is 21.3 Å². The van der Waals surface area contributed by atoms with Gasteiger partial charge in [0.1, 0.15) is 0 Å². The third-order valence-electron chi connectivity index (χ3n) is 2.63.